The standard InChI is InChI=1S/C9H10N2O.C2H4O/c1-10-11-6-7-4-2-3-5-8(7)9(11)12;1-2-3/h2-5,10H,6H2,1H3;2H,1H3. The van der Waals surface area contributed by atoms with Crippen molar-refractivity contribution in [1.29, 1.82) is 0 Å². The van der Waals surface area contributed by atoms with E-state index in [0.29, 0.717) is 6.54 Å². The smallest absolute Gasteiger partial charge is 0.268 e. The minimum atomic E-state index is 0.0631. The topological polar surface area (TPSA) is 49.4 Å². The number of aldehydes is 1. The Labute approximate surface area is 88.9 Å². The first-order valence-corrected chi connectivity index (χ1v) is 4.71. The van der Waals surface area contributed by atoms with Gasteiger partial charge in [-0.1, -0.05) is 18.2 Å². The van der Waals surface area contributed by atoms with Crippen LogP contribution >= 0.6 is 0 Å². The lowest BCUT2D eigenvalue weighted by Gasteiger charge is -2.11. The summed E-state index contributed by atoms with van der Waals surface area (Å²) in [5.41, 5.74) is 4.75. The zero-order valence-corrected chi connectivity index (χ0v) is 8.86. The summed E-state index contributed by atoms with van der Waals surface area (Å²) in [4.78, 5) is 20.3. The third-order valence-corrected chi connectivity index (χ3v) is 2.09. The van der Waals surface area contributed by atoms with Crippen LogP contribution in [0.15, 0.2) is 24.3 Å². The zero-order valence-electron chi connectivity index (χ0n) is 8.86. The van der Waals surface area contributed by atoms with Crippen LogP contribution in [0.2, 0.25) is 0 Å². The van der Waals surface area contributed by atoms with Crippen molar-refractivity contribution >= 4 is 12.2 Å². The summed E-state index contributed by atoms with van der Waals surface area (Å²) in [5.74, 6) is 0.0631. The molecule has 1 aromatic carbocycles. The molecule has 0 bridgehead atoms. The van der Waals surface area contributed by atoms with E-state index in [1.807, 2.05) is 24.3 Å². The quantitative estimate of drug-likeness (QED) is 0.697. The van der Waals surface area contributed by atoms with Crippen molar-refractivity contribution in [3.05, 3.63) is 35.4 Å². The summed E-state index contributed by atoms with van der Waals surface area (Å²) in [7, 11) is 1.75. The lowest BCUT2D eigenvalue weighted by molar-refractivity contribution is -0.106. The highest BCUT2D eigenvalue weighted by atomic mass is 16.2. The number of benzene rings is 1. The fraction of sp³-hybridized carbons (Fsp3) is 0.273. The Morgan fingerprint density at radius 2 is 2.00 bits per heavy atom. The van der Waals surface area contributed by atoms with Gasteiger partial charge in [0.15, 0.2) is 0 Å². The molecule has 0 atom stereocenters. The molecular formula is C11H14N2O2. The maximum atomic E-state index is 11.5. The van der Waals surface area contributed by atoms with Gasteiger partial charge >= 0.3 is 0 Å². The molecule has 0 saturated heterocycles. The number of nitrogens with zero attached hydrogens (tertiary/aromatic N) is 1. The molecule has 0 saturated carbocycles. The average Bonchev–Trinajstić information content (AvgIpc) is 2.57. The molecule has 15 heavy (non-hydrogen) atoms. The van der Waals surface area contributed by atoms with Crippen molar-refractivity contribution < 1.29 is 9.59 Å². The van der Waals surface area contributed by atoms with Crippen molar-refractivity contribution in [2.75, 3.05) is 7.05 Å². The van der Waals surface area contributed by atoms with E-state index >= 15 is 0 Å². The number of hydrogen-bond acceptors (Lipinski definition) is 3. The molecule has 1 amide bonds. The molecule has 0 fully saturated rings. The number of fused-ring (bicyclic) bond motifs is 1. The zero-order chi connectivity index (χ0) is 11.3. The number of carbonyl (C=O) groups excluding carboxylic acids is 2. The van der Waals surface area contributed by atoms with E-state index in [2.05, 4.69) is 5.43 Å². The third kappa shape index (κ3) is 2.41. The van der Waals surface area contributed by atoms with Crippen LogP contribution in [0.3, 0.4) is 0 Å². The van der Waals surface area contributed by atoms with Crippen LogP contribution < -0.4 is 5.43 Å². The van der Waals surface area contributed by atoms with Crippen molar-refractivity contribution in [1.82, 2.24) is 10.4 Å². The summed E-state index contributed by atoms with van der Waals surface area (Å²) < 4.78 is 0. The maximum Gasteiger partial charge on any atom is 0.268 e. The molecule has 1 aliphatic heterocycles. The molecule has 4 nitrogen and oxygen atoms in total. The number of amides is 1. The first-order valence-electron chi connectivity index (χ1n) is 4.71. The van der Waals surface area contributed by atoms with Gasteiger partial charge in [0.1, 0.15) is 6.29 Å². The van der Waals surface area contributed by atoms with Crippen molar-refractivity contribution in [3.8, 4) is 0 Å². The molecule has 0 unspecified atom stereocenters. The minimum absolute atomic E-state index is 0.0631. The Morgan fingerprint density at radius 1 is 1.40 bits per heavy atom. The second-order valence-electron chi connectivity index (χ2n) is 3.01. The second kappa shape index (κ2) is 5.26. The van der Waals surface area contributed by atoms with Crippen LogP contribution in [0.25, 0.3) is 0 Å². The second-order valence-corrected chi connectivity index (χ2v) is 3.01. The van der Waals surface area contributed by atoms with Gasteiger partial charge in [-0.15, -0.1) is 0 Å². The summed E-state index contributed by atoms with van der Waals surface area (Å²) in [5, 5.41) is 1.60. The van der Waals surface area contributed by atoms with Crippen LogP contribution in [-0.4, -0.2) is 24.2 Å². The van der Waals surface area contributed by atoms with E-state index in [0.717, 1.165) is 17.4 Å². The Balaban J connectivity index is 0.000000337. The van der Waals surface area contributed by atoms with Crippen LogP contribution in [0.5, 0.6) is 0 Å². The average molecular weight is 206 g/mol. The normalized spacial score (nSPS) is 12.9. The number of rotatable bonds is 1. The van der Waals surface area contributed by atoms with Gasteiger partial charge in [-0.2, -0.15) is 0 Å². The highest BCUT2D eigenvalue weighted by Crippen LogP contribution is 2.19. The van der Waals surface area contributed by atoms with Crippen LogP contribution in [-0.2, 0) is 11.3 Å². The first-order chi connectivity index (χ1) is 7.24. The monoisotopic (exact) mass is 206 g/mol. The summed E-state index contributed by atoms with van der Waals surface area (Å²) >= 11 is 0. The lowest BCUT2D eigenvalue weighted by Crippen LogP contribution is -2.34. The van der Waals surface area contributed by atoms with E-state index in [9.17, 15) is 4.79 Å². The molecule has 4 heteroatoms. The Hall–Kier alpha value is -1.68. The van der Waals surface area contributed by atoms with Gasteiger partial charge in [0.25, 0.3) is 5.91 Å². The Bertz CT molecular complexity index is 363. The van der Waals surface area contributed by atoms with Crippen LogP contribution in [0.4, 0.5) is 0 Å². The van der Waals surface area contributed by atoms with Gasteiger partial charge in [0.2, 0.25) is 0 Å². The lowest BCUT2D eigenvalue weighted by atomic mass is 10.1. The summed E-state index contributed by atoms with van der Waals surface area (Å²) in [6, 6.07) is 7.67. The highest BCUT2D eigenvalue weighted by Gasteiger charge is 2.25. The van der Waals surface area contributed by atoms with Crippen molar-refractivity contribution in [2.45, 2.75) is 13.5 Å². The molecule has 0 aliphatic carbocycles. The maximum absolute atomic E-state index is 11.5. The molecule has 1 heterocycles. The van der Waals surface area contributed by atoms with Gasteiger partial charge in [0, 0.05) is 12.6 Å². The molecule has 0 spiro atoms. The number of hydrogen-bond donors (Lipinski definition) is 1. The van der Waals surface area contributed by atoms with Crippen LogP contribution in [0, 0.1) is 0 Å². The fourth-order valence-corrected chi connectivity index (χ4v) is 1.43. The van der Waals surface area contributed by atoms with Crippen LogP contribution in [0.1, 0.15) is 22.8 Å². The fourth-order valence-electron chi connectivity index (χ4n) is 1.43. The first kappa shape index (κ1) is 11.4. The van der Waals surface area contributed by atoms with Crippen molar-refractivity contribution in [2.24, 2.45) is 0 Å². The molecule has 80 valence electrons. The van der Waals surface area contributed by atoms with Gasteiger partial charge < -0.3 is 4.79 Å². The summed E-state index contributed by atoms with van der Waals surface area (Å²) in [6.07, 6.45) is 0.750. The summed E-state index contributed by atoms with van der Waals surface area (Å²) in [6.45, 7) is 2.12. The van der Waals surface area contributed by atoms with E-state index in [4.69, 9.17) is 4.79 Å². The Morgan fingerprint density at radius 3 is 2.53 bits per heavy atom. The van der Waals surface area contributed by atoms with E-state index in [1.54, 1.807) is 12.1 Å². The molecule has 1 aliphatic rings. The third-order valence-electron chi connectivity index (χ3n) is 2.09. The molecule has 1 aromatic rings. The molecule has 0 radical (unpaired) electrons. The number of nitrogens with one attached hydrogen (secondary N) is 1. The largest absolute Gasteiger partial charge is 0.304 e. The number of hydrazine groups is 1. The minimum Gasteiger partial charge on any atom is -0.304 e. The predicted molar refractivity (Wildman–Crippen MR) is 57.1 cm³/mol. The molecular weight excluding hydrogens is 192 g/mol. The van der Waals surface area contributed by atoms with Gasteiger partial charge in [0.05, 0.1) is 6.54 Å². The van der Waals surface area contributed by atoms with Gasteiger partial charge in [-0.25, -0.2) is 5.43 Å². The Kier molecular flexibility index (Phi) is 4.00. The molecule has 2 rings (SSSR count). The predicted octanol–water partition coefficient (Wildman–Crippen LogP) is 0.982. The van der Waals surface area contributed by atoms with Gasteiger partial charge in [-0.3, -0.25) is 9.80 Å². The number of carbonyl (C=O) groups is 2. The molecule has 1 N–H and O–H groups in total. The van der Waals surface area contributed by atoms with Crippen molar-refractivity contribution in [3.63, 3.8) is 0 Å². The SMILES string of the molecule is CC=O.CNN1Cc2ccccc2C1=O. The highest BCUT2D eigenvalue weighted by molar-refractivity contribution is 5.97. The van der Waals surface area contributed by atoms with E-state index < -0.39 is 0 Å². The van der Waals surface area contributed by atoms with Gasteiger partial charge in [-0.05, 0) is 18.6 Å². The van der Waals surface area contributed by atoms with E-state index in [-0.39, 0.29) is 5.91 Å². The molecule has 0 aromatic heterocycles. The van der Waals surface area contributed by atoms with E-state index in [1.165, 1.54) is 6.92 Å².